The van der Waals surface area contributed by atoms with Crippen molar-refractivity contribution in [2.24, 2.45) is 10.1 Å². The Morgan fingerprint density at radius 3 is 2.48 bits per heavy atom. The van der Waals surface area contributed by atoms with Crippen LogP contribution in [0.15, 0.2) is 34.2 Å². The normalized spacial score (nSPS) is 12.2. The summed E-state index contributed by atoms with van der Waals surface area (Å²) in [5.74, 6) is 0.744. The zero-order valence-corrected chi connectivity index (χ0v) is 14.5. The fourth-order valence-electron chi connectivity index (χ4n) is 1.88. The Balaban J connectivity index is 2.46. The van der Waals surface area contributed by atoms with Gasteiger partial charge in [0.25, 0.3) is 0 Å². The van der Waals surface area contributed by atoms with E-state index in [1.165, 1.54) is 12.1 Å². The lowest BCUT2D eigenvalue weighted by molar-refractivity contribution is 0.155. The predicted octanol–water partition coefficient (Wildman–Crippen LogP) is 0.468. The van der Waals surface area contributed by atoms with Crippen LogP contribution in [0, 0.1) is 0 Å². The van der Waals surface area contributed by atoms with Gasteiger partial charge in [-0.2, -0.15) is 0 Å². The van der Waals surface area contributed by atoms with Gasteiger partial charge in [-0.15, -0.1) is 0 Å². The van der Waals surface area contributed by atoms with Crippen molar-refractivity contribution in [3.63, 3.8) is 0 Å². The lowest BCUT2D eigenvalue weighted by Crippen LogP contribution is -2.38. The second kappa shape index (κ2) is 10.2. The molecule has 130 valence electrons. The summed E-state index contributed by atoms with van der Waals surface area (Å²) in [5, 5.41) is 11.5. The van der Waals surface area contributed by atoms with Crippen LogP contribution >= 0.6 is 0 Å². The van der Waals surface area contributed by atoms with E-state index in [0.29, 0.717) is 26.3 Å². The molecule has 0 radical (unpaired) electrons. The molecule has 0 saturated carbocycles. The van der Waals surface area contributed by atoms with Gasteiger partial charge >= 0.3 is 0 Å². The molecule has 0 aliphatic rings. The minimum Gasteiger partial charge on any atom is -0.380 e. The molecular formula is C15H26N4O3S. The summed E-state index contributed by atoms with van der Waals surface area (Å²) < 4.78 is 27.6. The minimum atomic E-state index is -3.63. The zero-order valence-electron chi connectivity index (χ0n) is 13.7. The second-order valence-electron chi connectivity index (χ2n) is 4.82. The number of benzene rings is 1. The summed E-state index contributed by atoms with van der Waals surface area (Å²) >= 11 is 0. The molecule has 0 amide bonds. The number of guanidine groups is 1. The Hall–Kier alpha value is -1.64. The van der Waals surface area contributed by atoms with Gasteiger partial charge in [0.2, 0.25) is 10.0 Å². The van der Waals surface area contributed by atoms with E-state index in [0.717, 1.165) is 24.5 Å². The van der Waals surface area contributed by atoms with Gasteiger partial charge in [0, 0.05) is 19.7 Å². The Bertz CT molecular complexity index is 585. The van der Waals surface area contributed by atoms with Crippen molar-refractivity contribution < 1.29 is 13.2 Å². The third-order valence-corrected chi connectivity index (χ3v) is 3.94. The van der Waals surface area contributed by atoms with Crippen molar-refractivity contribution in [1.29, 1.82) is 0 Å². The molecule has 1 aromatic rings. The topological polar surface area (TPSA) is 106 Å². The molecule has 0 aliphatic heterocycles. The summed E-state index contributed by atoms with van der Waals surface area (Å²) in [5.41, 5.74) is 1.02. The molecule has 1 aromatic carbocycles. The van der Waals surface area contributed by atoms with Crippen LogP contribution in [-0.4, -0.2) is 47.2 Å². The van der Waals surface area contributed by atoms with Gasteiger partial charge < -0.3 is 15.4 Å². The van der Waals surface area contributed by atoms with Crippen molar-refractivity contribution in [3.8, 4) is 0 Å². The molecule has 0 atom stereocenters. The summed E-state index contributed by atoms with van der Waals surface area (Å²) in [6, 6.07) is 6.57. The molecule has 0 bridgehead atoms. The maximum absolute atomic E-state index is 11.2. The van der Waals surface area contributed by atoms with E-state index in [1.54, 1.807) is 12.1 Å². The summed E-state index contributed by atoms with van der Waals surface area (Å²) in [7, 11) is -3.63. The molecule has 23 heavy (non-hydrogen) atoms. The number of rotatable bonds is 9. The van der Waals surface area contributed by atoms with Crippen molar-refractivity contribution in [2.75, 3.05) is 32.8 Å². The number of nitrogens with one attached hydrogen (secondary N) is 2. The number of ether oxygens (including phenoxy) is 1. The van der Waals surface area contributed by atoms with Gasteiger partial charge in [0.15, 0.2) is 5.96 Å². The molecule has 0 aromatic heterocycles. The molecule has 1 rings (SSSR count). The standard InChI is InChI=1S/C15H26N4O3S/c1-3-17-15(19-11-12-22-4-2)18-10-9-13-5-7-14(8-6-13)23(16,20)21/h5-8H,3-4,9-12H2,1-2H3,(H2,16,20,21)(H2,17,18,19). The van der Waals surface area contributed by atoms with Crippen LogP contribution in [0.5, 0.6) is 0 Å². The maximum Gasteiger partial charge on any atom is 0.238 e. The average Bonchev–Trinajstić information content (AvgIpc) is 2.51. The molecule has 0 aliphatic carbocycles. The minimum absolute atomic E-state index is 0.125. The van der Waals surface area contributed by atoms with E-state index in [4.69, 9.17) is 9.88 Å². The van der Waals surface area contributed by atoms with Crippen molar-refractivity contribution >= 4 is 16.0 Å². The van der Waals surface area contributed by atoms with E-state index in [9.17, 15) is 8.42 Å². The largest absolute Gasteiger partial charge is 0.380 e. The van der Waals surface area contributed by atoms with Crippen molar-refractivity contribution in [1.82, 2.24) is 10.6 Å². The fraction of sp³-hybridized carbons (Fsp3) is 0.533. The Morgan fingerprint density at radius 1 is 1.22 bits per heavy atom. The Kier molecular flexibility index (Phi) is 8.60. The van der Waals surface area contributed by atoms with Gasteiger partial charge in [0.05, 0.1) is 18.0 Å². The number of aliphatic imine (C=N–C) groups is 1. The molecule has 0 spiro atoms. The van der Waals surface area contributed by atoms with E-state index in [1.807, 2.05) is 13.8 Å². The van der Waals surface area contributed by atoms with Gasteiger partial charge in [-0.3, -0.25) is 4.99 Å². The number of hydrogen-bond donors (Lipinski definition) is 3. The molecule has 0 fully saturated rings. The smallest absolute Gasteiger partial charge is 0.238 e. The van der Waals surface area contributed by atoms with Crippen LogP contribution < -0.4 is 15.8 Å². The van der Waals surface area contributed by atoms with Crippen LogP contribution in [0.1, 0.15) is 19.4 Å². The Morgan fingerprint density at radius 2 is 1.91 bits per heavy atom. The highest BCUT2D eigenvalue weighted by Gasteiger charge is 2.06. The van der Waals surface area contributed by atoms with Crippen LogP contribution in [0.4, 0.5) is 0 Å². The molecular weight excluding hydrogens is 316 g/mol. The SMILES string of the molecule is CCNC(=NCCOCC)NCCc1ccc(S(N)(=O)=O)cc1. The maximum atomic E-state index is 11.2. The summed E-state index contributed by atoms with van der Waals surface area (Å²) in [4.78, 5) is 4.53. The van der Waals surface area contributed by atoms with Crippen LogP contribution in [0.2, 0.25) is 0 Å². The van der Waals surface area contributed by atoms with Crippen LogP contribution in [0.3, 0.4) is 0 Å². The first-order chi connectivity index (χ1) is 11.0. The van der Waals surface area contributed by atoms with Crippen molar-refractivity contribution in [3.05, 3.63) is 29.8 Å². The predicted molar refractivity (Wildman–Crippen MR) is 92.0 cm³/mol. The van der Waals surface area contributed by atoms with E-state index in [2.05, 4.69) is 15.6 Å². The molecule has 7 nitrogen and oxygen atoms in total. The number of hydrogen-bond acceptors (Lipinski definition) is 4. The fourth-order valence-corrected chi connectivity index (χ4v) is 2.39. The molecule has 4 N–H and O–H groups in total. The lowest BCUT2D eigenvalue weighted by atomic mass is 10.1. The highest BCUT2D eigenvalue weighted by atomic mass is 32.2. The van der Waals surface area contributed by atoms with E-state index >= 15 is 0 Å². The van der Waals surface area contributed by atoms with E-state index < -0.39 is 10.0 Å². The van der Waals surface area contributed by atoms with Gasteiger partial charge in [-0.25, -0.2) is 13.6 Å². The number of primary sulfonamides is 1. The van der Waals surface area contributed by atoms with E-state index in [-0.39, 0.29) is 4.90 Å². The first kappa shape index (κ1) is 19.4. The number of nitrogens with zero attached hydrogens (tertiary/aromatic N) is 1. The molecule has 0 saturated heterocycles. The highest BCUT2D eigenvalue weighted by molar-refractivity contribution is 7.89. The highest BCUT2D eigenvalue weighted by Crippen LogP contribution is 2.08. The van der Waals surface area contributed by atoms with Crippen molar-refractivity contribution in [2.45, 2.75) is 25.2 Å². The third kappa shape index (κ3) is 7.96. The van der Waals surface area contributed by atoms with Crippen LogP contribution in [0.25, 0.3) is 0 Å². The summed E-state index contributed by atoms with van der Waals surface area (Å²) in [6.07, 6.45) is 0.751. The first-order valence-corrected chi connectivity index (χ1v) is 9.23. The zero-order chi connectivity index (χ0) is 17.1. The first-order valence-electron chi connectivity index (χ1n) is 7.69. The quantitative estimate of drug-likeness (QED) is 0.344. The number of sulfonamides is 1. The average molecular weight is 342 g/mol. The molecule has 0 heterocycles. The second-order valence-corrected chi connectivity index (χ2v) is 6.38. The van der Waals surface area contributed by atoms with Crippen LogP contribution in [-0.2, 0) is 21.2 Å². The lowest BCUT2D eigenvalue weighted by Gasteiger charge is -2.11. The Labute approximate surface area is 138 Å². The van der Waals surface area contributed by atoms with Gasteiger partial charge in [-0.1, -0.05) is 12.1 Å². The summed E-state index contributed by atoms with van der Waals surface area (Å²) in [6.45, 7) is 7.32. The molecule has 0 unspecified atom stereocenters. The van der Waals surface area contributed by atoms with Gasteiger partial charge in [-0.05, 0) is 38.0 Å². The molecule has 8 heteroatoms. The monoisotopic (exact) mass is 342 g/mol. The van der Waals surface area contributed by atoms with Gasteiger partial charge in [0.1, 0.15) is 0 Å². The third-order valence-electron chi connectivity index (χ3n) is 3.01. The number of nitrogens with two attached hydrogens (primary N) is 1.